The fourth-order valence-corrected chi connectivity index (χ4v) is 2.86. The van der Waals surface area contributed by atoms with Gasteiger partial charge in [-0.05, 0) is 44.4 Å². The van der Waals surface area contributed by atoms with E-state index < -0.39 is 0 Å². The zero-order valence-electron chi connectivity index (χ0n) is 13.0. The van der Waals surface area contributed by atoms with Gasteiger partial charge in [0.25, 0.3) is 0 Å². The molecule has 1 aliphatic heterocycles. The molecule has 2 atom stereocenters. The van der Waals surface area contributed by atoms with Crippen LogP contribution in [0.4, 0.5) is 0 Å². The number of carbonyl (C=O) groups is 1. The number of likely N-dealkylation sites (tertiary alicyclic amines) is 1. The molecule has 1 aromatic heterocycles. The van der Waals surface area contributed by atoms with Crippen molar-refractivity contribution in [2.45, 2.75) is 51.2 Å². The first kappa shape index (κ1) is 15.9. The van der Waals surface area contributed by atoms with E-state index in [2.05, 4.69) is 34.3 Å². The highest BCUT2D eigenvalue weighted by molar-refractivity contribution is 5.76. The number of rotatable bonds is 5. The van der Waals surface area contributed by atoms with Gasteiger partial charge in [0.05, 0.1) is 0 Å². The summed E-state index contributed by atoms with van der Waals surface area (Å²) < 4.78 is 0. The van der Waals surface area contributed by atoms with Crippen LogP contribution >= 0.6 is 0 Å². The highest BCUT2D eigenvalue weighted by Crippen LogP contribution is 2.23. The monoisotopic (exact) mass is 290 g/mol. The van der Waals surface area contributed by atoms with E-state index in [0.29, 0.717) is 12.5 Å². The summed E-state index contributed by atoms with van der Waals surface area (Å²) in [6, 6.07) is 4.75. The predicted octanol–water partition coefficient (Wildman–Crippen LogP) is 1.46. The average Bonchev–Trinajstić information content (AvgIpc) is 2.47. The van der Waals surface area contributed by atoms with E-state index in [1.165, 1.54) is 5.56 Å². The van der Waals surface area contributed by atoms with Crippen molar-refractivity contribution in [3.63, 3.8) is 0 Å². The molecule has 116 valence electrons. The molecule has 0 saturated carbocycles. The highest BCUT2D eigenvalue weighted by atomic mass is 16.1. The lowest BCUT2D eigenvalue weighted by Gasteiger charge is -2.36. The number of amides is 1. The average molecular weight is 290 g/mol. The van der Waals surface area contributed by atoms with Crippen LogP contribution in [0, 0.1) is 0 Å². The Labute approximate surface area is 126 Å². The molecular formula is C16H26N4O. The van der Waals surface area contributed by atoms with Crippen molar-refractivity contribution in [3.05, 3.63) is 30.1 Å². The largest absolute Gasteiger partial charge is 0.353 e. The van der Waals surface area contributed by atoms with Crippen LogP contribution in [0.2, 0.25) is 0 Å². The first-order chi connectivity index (χ1) is 10.1. The molecular weight excluding hydrogens is 264 g/mol. The number of nitrogens with zero attached hydrogens (tertiary/aromatic N) is 2. The minimum absolute atomic E-state index is 0.0724. The molecule has 5 heteroatoms. The normalized spacial score (nSPS) is 20.0. The van der Waals surface area contributed by atoms with Crippen LogP contribution in [0.25, 0.3) is 0 Å². The second kappa shape index (κ2) is 7.52. The number of pyridine rings is 1. The molecule has 3 N–H and O–H groups in total. The smallest absolute Gasteiger partial charge is 0.221 e. The van der Waals surface area contributed by atoms with E-state index in [9.17, 15) is 4.79 Å². The van der Waals surface area contributed by atoms with Crippen molar-refractivity contribution in [2.24, 2.45) is 5.73 Å². The Morgan fingerprint density at radius 1 is 1.38 bits per heavy atom. The van der Waals surface area contributed by atoms with E-state index in [1.54, 1.807) is 0 Å². The Balaban J connectivity index is 1.79. The van der Waals surface area contributed by atoms with Crippen molar-refractivity contribution in [1.82, 2.24) is 15.2 Å². The van der Waals surface area contributed by atoms with E-state index in [-0.39, 0.29) is 18.0 Å². The molecule has 0 bridgehead atoms. The maximum atomic E-state index is 11.7. The summed E-state index contributed by atoms with van der Waals surface area (Å²) in [4.78, 5) is 18.3. The summed E-state index contributed by atoms with van der Waals surface area (Å²) in [5.41, 5.74) is 6.95. The molecule has 1 saturated heterocycles. The molecule has 2 heterocycles. The third-order valence-corrected chi connectivity index (χ3v) is 4.14. The van der Waals surface area contributed by atoms with Gasteiger partial charge in [-0.3, -0.25) is 14.7 Å². The number of aromatic nitrogens is 1. The number of nitrogens with two attached hydrogens (primary N) is 1. The molecule has 0 spiro atoms. The minimum atomic E-state index is -0.0724. The van der Waals surface area contributed by atoms with Crippen molar-refractivity contribution in [1.29, 1.82) is 0 Å². The van der Waals surface area contributed by atoms with Gasteiger partial charge in [-0.1, -0.05) is 0 Å². The van der Waals surface area contributed by atoms with Gasteiger partial charge in [0.15, 0.2) is 0 Å². The standard InChI is InChI=1S/C16H26N4O/c1-12(17)11-16(21)19-15-5-9-20(10-6-15)13(2)14-3-7-18-8-4-14/h3-4,7-8,12-13,15H,5-6,9-11,17H2,1-2H3,(H,19,21). The predicted molar refractivity (Wildman–Crippen MR) is 83.7 cm³/mol. The van der Waals surface area contributed by atoms with Gasteiger partial charge < -0.3 is 11.1 Å². The maximum Gasteiger partial charge on any atom is 0.221 e. The molecule has 1 amide bonds. The van der Waals surface area contributed by atoms with Crippen molar-refractivity contribution < 1.29 is 4.79 Å². The van der Waals surface area contributed by atoms with Gasteiger partial charge in [0, 0.05) is 50.0 Å². The molecule has 2 unspecified atom stereocenters. The number of hydrogen-bond acceptors (Lipinski definition) is 4. The lowest BCUT2D eigenvalue weighted by molar-refractivity contribution is -0.122. The van der Waals surface area contributed by atoms with Crippen molar-refractivity contribution in [2.75, 3.05) is 13.1 Å². The van der Waals surface area contributed by atoms with Gasteiger partial charge in [-0.15, -0.1) is 0 Å². The molecule has 1 aromatic rings. The Morgan fingerprint density at radius 2 is 2.00 bits per heavy atom. The van der Waals surface area contributed by atoms with E-state index in [1.807, 2.05) is 19.3 Å². The van der Waals surface area contributed by atoms with Gasteiger partial charge in [0.1, 0.15) is 0 Å². The third-order valence-electron chi connectivity index (χ3n) is 4.14. The lowest BCUT2D eigenvalue weighted by atomic mass is 10.0. The Bertz CT molecular complexity index is 441. The summed E-state index contributed by atoms with van der Waals surface area (Å²) in [6.45, 7) is 6.10. The Kier molecular flexibility index (Phi) is 5.70. The van der Waals surface area contributed by atoms with Gasteiger partial charge >= 0.3 is 0 Å². The first-order valence-corrected chi connectivity index (χ1v) is 7.75. The van der Waals surface area contributed by atoms with Crippen LogP contribution in [-0.4, -0.2) is 41.0 Å². The molecule has 1 fully saturated rings. The van der Waals surface area contributed by atoms with Gasteiger partial charge in [-0.25, -0.2) is 0 Å². The van der Waals surface area contributed by atoms with Gasteiger partial charge in [0.2, 0.25) is 5.91 Å². The number of carbonyl (C=O) groups excluding carboxylic acids is 1. The number of nitrogens with one attached hydrogen (secondary N) is 1. The zero-order valence-corrected chi connectivity index (χ0v) is 13.0. The van der Waals surface area contributed by atoms with Crippen molar-refractivity contribution in [3.8, 4) is 0 Å². The molecule has 0 aromatic carbocycles. The van der Waals surface area contributed by atoms with Crippen LogP contribution in [-0.2, 0) is 4.79 Å². The zero-order chi connectivity index (χ0) is 15.2. The lowest BCUT2D eigenvalue weighted by Crippen LogP contribution is -2.46. The summed E-state index contributed by atoms with van der Waals surface area (Å²) in [5.74, 6) is 0.0747. The molecule has 0 aliphatic carbocycles. The molecule has 5 nitrogen and oxygen atoms in total. The van der Waals surface area contributed by atoms with Crippen LogP contribution in [0.3, 0.4) is 0 Å². The van der Waals surface area contributed by atoms with E-state index in [0.717, 1.165) is 25.9 Å². The quantitative estimate of drug-likeness (QED) is 0.861. The molecule has 0 radical (unpaired) electrons. The van der Waals surface area contributed by atoms with E-state index >= 15 is 0 Å². The van der Waals surface area contributed by atoms with Crippen LogP contribution in [0.15, 0.2) is 24.5 Å². The third kappa shape index (κ3) is 4.79. The van der Waals surface area contributed by atoms with Gasteiger partial charge in [-0.2, -0.15) is 0 Å². The van der Waals surface area contributed by atoms with Crippen molar-refractivity contribution >= 4 is 5.91 Å². The Morgan fingerprint density at radius 3 is 2.57 bits per heavy atom. The SMILES string of the molecule is CC(N)CC(=O)NC1CCN(C(C)c2ccncc2)CC1. The van der Waals surface area contributed by atoms with Crippen LogP contribution in [0.1, 0.15) is 44.7 Å². The maximum absolute atomic E-state index is 11.7. The van der Waals surface area contributed by atoms with Crippen LogP contribution < -0.4 is 11.1 Å². The Hall–Kier alpha value is -1.46. The first-order valence-electron chi connectivity index (χ1n) is 7.75. The molecule has 1 aliphatic rings. The van der Waals surface area contributed by atoms with E-state index in [4.69, 9.17) is 5.73 Å². The summed E-state index contributed by atoms with van der Waals surface area (Å²) >= 11 is 0. The summed E-state index contributed by atoms with van der Waals surface area (Å²) in [5, 5.41) is 3.09. The number of piperidine rings is 1. The minimum Gasteiger partial charge on any atom is -0.353 e. The van der Waals surface area contributed by atoms with Crippen LogP contribution in [0.5, 0.6) is 0 Å². The fourth-order valence-electron chi connectivity index (χ4n) is 2.86. The fraction of sp³-hybridized carbons (Fsp3) is 0.625. The second-order valence-electron chi connectivity index (χ2n) is 6.02. The second-order valence-corrected chi connectivity index (χ2v) is 6.02. The number of hydrogen-bond donors (Lipinski definition) is 2. The summed E-state index contributed by atoms with van der Waals surface area (Å²) in [7, 11) is 0. The topological polar surface area (TPSA) is 71.2 Å². The summed E-state index contributed by atoms with van der Waals surface area (Å²) in [6.07, 6.45) is 6.09. The molecule has 21 heavy (non-hydrogen) atoms. The molecule has 2 rings (SSSR count). The highest BCUT2D eigenvalue weighted by Gasteiger charge is 2.24.